The molecule has 0 bridgehead atoms. The number of aromatic hydroxyl groups is 1. The normalized spacial score (nSPS) is 9.59. The maximum absolute atomic E-state index is 12.9. The minimum absolute atomic E-state index is 0.0622. The van der Waals surface area contributed by atoms with Crippen LogP contribution in [0.5, 0.6) is 5.75 Å². The molecule has 8 heteroatoms. The van der Waals surface area contributed by atoms with Crippen LogP contribution in [0.4, 0.5) is 4.39 Å². The SMILES string of the molecule is Cc1cnc(CN(C)C(=O)c2ccc(F)cc2O)[nH]1.O=CO. The first-order valence-corrected chi connectivity index (χ1v) is 6.21. The summed E-state index contributed by atoms with van der Waals surface area (Å²) in [5, 5.41) is 16.5. The van der Waals surface area contributed by atoms with Gasteiger partial charge in [0.25, 0.3) is 12.4 Å². The van der Waals surface area contributed by atoms with E-state index in [1.165, 1.54) is 11.0 Å². The number of H-pyrrole nitrogens is 1. The summed E-state index contributed by atoms with van der Waals surface area (Å²) in [6, 6.07) is 3.31. The number of aryl methyl sites for hydroxylation is 1. The molecule has 1 aromatic heterocycles. The molecule has 0 saturated carbocycles. The van der Waals surface area contributed by atoms with E-state index < -0.39 is 11.7 Å². The second-order valence-corrected chi connectivity index (χ2v) is 4.44. The molecule has 118 valence electrons. The van der Waals surface area contributed by atoms with Crippen LogP contribution >= 0.6 is 0 Å². The van der Waals surface area contributed by atoms with Crippen molar-refractivity contribution in [1.29, 1.82) is 0 Å². The average molecular weight is 309 g/mol. The van der Waals surface area contributed by atoms with Crippen LogP contribution in [0, 0.1) is 12.7 Å². The van der Waals surface area contributed by atoms with E-state index in [0.717, 1.165) is 17.8 Å². The predicted octanol–water partition coefficient (Wildman–Crippen LogP) is 1.54. The first-order chi connectivity index (χ1) is 10.4. The zero-order valence-electron chi connectivity index (χ0n) is 12.1. The molecule has 0 aliphatic carbocycles. The predicted molar refractivity (Wildman–Crippen MR) is 75.9 cm³/mol. The lowest BCUT2D eigenvalue weighted by Gasteiger charge is -2.16. The summed E-state index contributed by atoms with van der Waals surface area (Å²) in [4.78, 5) is 29.0. The molecule has 0 unspecified atom stereocenters. The Morgan fingerprint density at radius 3 is 2.64 bits per heavy atom. The van der Waals surface area contributed by atoms with E-state index in [0.29, 0.717) is 5.82 Å². The lowest BCUT2D eigenvalue weighted by Crippen LogP contribution is -2.26. The first-order valence-electron chi connectivity index (χ1n) is 6.21. The number of hydrogen-bond donors (Lipinski definition) is 3. The van der Waals surface area contributed by atoms with E-state index in [4.69, 9.17) is 9.90 Å². The highest BCUT2D eigenvalue weighted by atomic mass is 19.1. The van der Waals surface area contributed by atoms with Gasteiger partial charge in [-0.05, 0) is 19.1 Å². The van der Waals surface area contributed by atoms with Gasteiger partial charge in [-0.1, -0.05) is 0 Å². The Labute approximate surface area is 126 Å². The van der Waals surface area contributed by atoms with Crippen molar-refractivity contribution in [3.63, 3.8) is 0 Å². The molecule has 22 heavy (non-hydrogen) atoms. The van der Waals surface area contributed by atoms with Crippen LogP contribution in [-0.2, 0) is 11.3 Å². The van der Waals surface area contributed by atoms with Gasteiger partial charge in [0.05, 0.1) is 12.1 Å². The van der Waals surface area contributed by atoms with Gasteiger partial charge in [0.2, 0.25) is 0 Å². The molecular formula is C14H16FN3O4. The molecule has 7 nitrogen and oxygen atoms in total. The number of benzene rings is 1. The Balaban J connectivity index is 0.000000745. The highest BCUT2D eigenvalue weighted by Gasteiger charge is 2.17. The third-order valence-electron chi connectivity index (χ3n) is 2.68. The molecule has 2 aromatic rings. The lowest BCUT2D eigenvalue weighted by atomic mass is 10.1. The zero-order valence-corrected chi connectivity index (χ0v) is 12.1. The van der Waals surface area contributed by atoms with Gasteiger partial charge >= 0.3 is 0 Å². The number of carbonyl (C=O) groups excluding carboxylic acids is 1. The molecule has 0 fully saturated rings. The minimum atomic E-state index is -0.585. The summed E-state index contributed by atoms with van der Waals surface area (Å²) in [7, 11) is 1.59. The number of phenols is 1. The molecular weight excluding hydrogens is 293 g/mol. The van der Waals surface area contributed by atoms with Crippen LogP contribution in [-0.4, -0.2) is 44.5 Å². The molecule has 0 aliphatic rings. The first kappa shape index (κ1) is 17.2. The monoisotopic (exact) mass is 309 g/mol. The second kappa shape index (κ2) is 7.77. The largest absolute Gasteiger partial charge is 0.507 e. The second-order valence-electron chi connectivity index (χ2n) is 4.44. The minimum Gasteiger partial charge on any atom is -0.507 e. The summed E-state index contributed by atoms with van der Waals surface area (Å²) in [6.45, 7) is 1.90. The highest BCUT2D eigenvalue weighted by Crippen LogP contribution is 2.20. The molecule has 3 N–H and O–H groups in total. The van der Waals surface area contributed by atoms with Gasteiger partial charge < -0.3 is 20.1 Å². The van der Waals surface area contributed by atoms with Crippen LogP contribution < -0.4 is 0 Å². The Bertz CT molecular complexity index is 657. The number of amides is 1. The summed E-state index contributed by atoms with van der Waals surface area (Å²) in [6.07, 6.45) is 1.67. The van der Waals surface area contributed by atoms with Crippen molar-refractivity contribution in [2.75, 3.05) is 7.05 Å². The van der Waals surface area contributed by atoms with Gasteiger partial charge in [0.1, 0.15) is 17.4 Å². The maximum atomic E-state index is 12.9. The Morgan fingerprint density at radius 1 is 1.50 bits per heavy atom. The number of nitrogens with zero attached hydrogens (tertiary/aromatic N) is 2. The third-order valence-corrected chi connectivity index (χ3v) is 2.68. The number of aromatic amines is 1. The number of phenolic OH excluding ortho intramolecular Hbond substituents is 1. The van der Waals surface area contributed by atoms with Crippen molar-refractivity contribution < 1.29 is 24.2 Å². The van der Waals surface area contributed by atoms with Crippen LogP contribution in [0.2, 0.25) is 0 Å². The quantitative estimate of drug-likeness (QED) is 0.746. The van der Waals surface area contributed by atoms with Crippen molar-refractivity contribution in [3.05, 3.63) is 47.3 Å². The Kier molecular flexibility index (Phi) is 6.06. The van der Waals surface area contributed by atoms with Crippen LogP contribution in [0.15, 0.2) is 24.4 Å². The number of hydrogen-bond acceptors (Lipinski definition) is 4. The van der Waals surface area contributed by atoms with Gasteiger partial charge in [-0.15, -0.1) is 0 Å². The summed E-state index contributed by atoms with van der Waals surface area (Å²) >= 11 is 0. The number of imidazole rings is 1. The summed E-state index contributed by atoms with van der Waals surface area (Å²) in [5.41, 5.74) is 0.965. The molecule has 0 atom stereocenters. The number of rotatable bonds is 3. The van der Waals surface area contributed by atoms with Crippen molar-refractivity contribution in [2.24, 2.45) is 0 Å². The zero-order chi connectivity index (χ0) is 16.7. The molecule has 0 aliphatic heterocycles. The number of carboxylic acid groups (broad SMARTS) is 1. The molecule has 2 rings (SSSR count). The van der Waals surface area contributed by atoms with Crippen molar-refractivity contribution in [3.8, 4) is 5.75 Å². The molecule has 0 spiro atoms. The highest BCUT2D eigenvalue weighted by molar-refractivity contribution is 5.96. The van der Waals surface area contributed by atoms with Crippen molar-refractivity contribution >= 4 is 12.4 Å². The standard InChI is InChI=1S/C13H14FN3O2.CH2O2/c1-8-6-15-12(16-8)7-17(2)13(19)10-4-3-9(14)5-11(10)18;2-1-3/h3-6,18H,7H2,1-2H3,(H,15,16);1H,(H,2,3). The van der Waals surface area contributed by atoms with E-state index >= 15 is 0 Å². The van der Waals surface area contributed by atoms with Crippen LogP contribution in [0.3, 0.4) is 0 Å². The fourth-order valence-electron chi connectivity index (χ4n) is 1.73. The number of aromatic nitrogens is 2. The molecule has 1 aromatic carbocycles. The van der Waals surface area contributed by atoms with E-state index in [9.17, 15) is 14.3 Å². The van der Waals surface area contributed by atoms with Crippen molar-refractivity contribution in [1.82, 2.24) is 14.9 Å². The number of halogens is 1. The summed E-state index contributed by atoms with van der Waals surface area (Å²) < 4.78 is 12.9. The van der Waals surface area contributed by atoms with Crippen LogP contribution in [0.1, 0.15) is 21.9 Å². The van der Waals surface area contributed by atoms with E-state index in [2.05, 4.69) is 9.97 Å². The van der Waals surface area contributed by atoms with Gasteiger partial charge in [-0.2, -0.15) is 0 Å². The average Bonchev–Trinajstić information content (AvgIpc) is 2.84. The fraction of sp³-hybridized carbons (Fsp3) is 0.214. The van der Waals surface area contributed by atoms with E-state index in [1.54, 1.807) is 13.2 Å². The summed E-state index contributed by atoms with van der Waals surface area (Å²) in [5.74, 6) is -0.702. The lowest BCUT2D eigenvalue weighted by molar-refractivity contribution is -0.122. The van der Waals surface area contributed by atoms with Gasteiger partial charge in [0, 0.05) is 25.0 Å². The smallest absolute Gasteiger partial charge is 0.290 e. The molecule has 0 saturated heterocycles. The van der Waals surface area contributed by atoms with Crippen molar-refractivity contribution in [2.45, 2.75) is 13.5 Å². The fourth-order valence-corrected chi connectivity index (χ4v) is 1.73. The Hall–Kier alpha value is -2.90. The van der Waals surface area contributed by atoms with Gasteiger partial charge in [-0.25, -0.2) is 9.37 Å². The number of nitrogens with one attached hydrogen (secondary N) is 1. The third kappa shape index (κ3) is 4.58. The van der Waals surface area contributed by atoms with Crippen LogP contribution in [0.25, 0.3) is 0 Å². The maximum Gasteiger partial charge on any atom is 0.290 e. The topological polar surface area (TPSA) is 107 Å². The van der Waals surface area contributed by atoms with E-state index in [-0.39, 0.29) is 24.3 Å². The molecule has 1 amide bonds. The Morgan fingerprint density at radius 2 is 2.14 bits per heavy atom. The van der Waals surface area contributed by atoms with Gasteiger partial charge in [0.15, 0.2) is 0 Å². The van der Waals surface area contributed by atoms with Gasteiger partial charge in [-0.3, -0.25) is 9.59 Å². The van der Waals surface area contributed by atoms with E-state index in [1.807, 2.05) is 6.92 Å². The molecule has 0 radical (unpaired) electrons. The molecule has 1 heterocycles. The number of carbonyl (C=O) groups is 2.